The molecule has 0 saturated heterocycles. The van der Waals surface area contributed by atoms with Crippen molar-refractivity contribution in [2.45, 2.75) is 51.6 Å². The number of carbonyl (C=O) groups is 4. The van der Waals surface area contributed by atoms with E-state index in [1.165, 1.54) is 4.90 Å². The van der Waals surface area contributed by atoms with Gasteiger partial charge in [-0.25, -0.2) is 0 Å². The molecule has 0 unspecified atom stereocenters. The van der Waals surface area contributed by atoms with Crippen LogP contribution in [-0.2, 0) is 22.6 Å². The van der Waals surface area contributed by atoms with Gasteiger partial charge < -0.3 is 10.2 Å². The Labute approximate surface area is 250 Å². The molecule has 1 aliphatic heterocycles. The lowest BCUT2D eigenvalue weighted by atomic mass is 10.0. The molecule has 0 spiro atoms. The van der Waals surface area contributed by atoms with Crippen LogP contribution >= 0.6 is 23.2 Å². The van der Waals surface area contributed by atoms with Crippen LogP contribution in [0.25, 0.3) is 0 Å². The van der Waals surface area contributed by atoms with Crippen LogP contribution in [0.15, 0.2) is 72.8 Å². The van der Waals surface area contributed by atoms with Crippen LogP contribution < -0.4 is 5.32 Å². The number of imide groups is 1. The molecule has 0 saturated carbocycles. The first-order valence-corrected chi connectivity index (χ1v) is 14.6. The Morgan fingerprint density at radius 1 is 0.902 bits per heavy atom. The number of nitrogens with zero attached hydrogens (tertiary/aromatic N) is 2. The topological polar surface area (TPSA) is 86.8 Å². The van der Waals surface area contributed by atoms with Crippen LogP contribution in [-0.4, -0.2) is 52.6 Å². The molecule has 1 N–H and O–H groups in total. The van der Waals surface area contributed by atoms with E-state index in [1.54, 1.807) is 47.4 Å². The summed E-state index contributed by atoms with van der Waals surface area (Å²) in [6.07, 6.45) is 2.34. The van der Waals surface area contributed by atoms with Crippen molar-refractivity contribution in [3.8, 4) is 0 Å². The molecule has 0 aromatic heterocycles. The zero-order chi connectivity index (χ0) is 29.4. The van der Waals surface area contributed by atoms with Crippen molar-refractivity contribution in [2.24, 2.45) is 0 Å². The summed E-state index contributed by atoms with van der Waals surface area (Å²) in [6.45, 7) is 2.74. The molecule has 3 aromatic rings. The van der Waals surface area contributed by atoms with E-state index >= 15 is 0 Å². The quantitative estimate of drug-likeness (QED) is 0.197. The normalized spacial score (nSPS) is 13.2. The Hall–Kier alpha value is -3.68. The number of hydrogen-bond acceptors (Lipinski definition) is 4. The summed E-state index contributed by atoms with van der Waals surface area (Å²) in [5, 5.41) is 3.85. The lowest BCUT2D eigenvalue weighted by Gasteiger charge is -2.32. The van der Waals surface area contributed by atoms with E-state index < -0.39 is 6.04 Å². The highest BCUT2D eigenvalue weighted by Crippen LogP contribution is 2.26. The molecular formula is C32H33Cl2N3O4. The van der Waals surface area contributed by atoms with Crippen LogP contribution in [0.5, 0.6) is 0 Å². The maximum atomic E-state index is 13.8. The van der Waals surface area contributed by atoms with Gasteiger partial charge in [0.15, 0.2) is 0 Å². The molecule has 4 amide bonds. The van der Waals surface area contributed by atoms with Gasteiger partial charge in [-0.1, -0.05) is 85.1 Å². The molecule has 4 rings (SSSR count). The maximum Gasteiger partial charge on any atom is 0.261 e. The number of benzene rings is 3. The summed E-state index contributed by atoms with van der Waals surface area (Å²) in [5.74, 6) is -1.25. The van der Waals surface area contributed by atoms with Crippen LogP contribution in [0.4, 0.5) is 0 Å². The monoisotopic (exact) mass is 593 g/mol. The van der Waals surface area contributed by atoms with E-state index in [0.717, 1.165) is 18.4 Å². The van der Waals surface area contributed by atoms with Crippen molar-refractivity contribution in [1.82, 2.24) is 15.1 Å². The number of halogens is 2. The largest absolute Gasteiger partial charge is 0.354 e. The van der Waals surface area contributed by atoms with Crippen molar-refractivity contribution in [3.05, 3.63) is 105 Å². The van der Waals surface area contributed by atoms with Gasteiger partial charge in [-0.3, -0.25) is 24.1 Å². The minimum absolute atomic E-state index is 0.0339. The van der Waals surface area contributed by atoms with Gasteiger partial charge >= 0.3 is 0 Å². The zero-order valence-electron chi connectivity index (χ0n) is 22.9. The highest BCUT2D eigenvalue weighted by molar-refractivity contribution is 6.35. The van der Waals surface area contributed by atoms with Gasteiger partial charge in [0.1, 0.15) is 6.04 Å². The number of fused-ring (bicyclic) bond motifs is 1. The molecule has 3 aromatic carbocycles. The van der Waals surface area contributed by atoms with Crippen LogP contribution in [0, 0.1) is 0 Å². The van der Waals surface area contributed by atoms with Crippen molar-refractivity contribution in [3.63, 3.8) is 0 Å². The first-order valence-electron chi connectivity index (χ1n) is 13.8. The molecule has 9 heteroatoms. The SMILES string of the molecule is CCCCNC(=O)[C@H](Cc1ccccc1)N(Cc1ccc(Cl)cc1Cl)C(=O)CCCN1C(=O)c2ccccc2C1=O. The molecular weight excluding hydrogens is 561 g/mol. The Balaban J connectivity index is 1.56. The van der Waals surface area contributed by atoms with Crippen molar-refractivity contribution >= 4 is 46.8 Å². The smallest absolute Gasteiger partial charge is 0.261 e. The fourth-order valence-electron chi connectivity index (χ4n) is 4.87. The molecule has 0 radical (unpaired) electrons. The highest BCUT2D eigenvalue weighted by atomic mass is 35.5. The van der Waals surface area contributed by atoms with Crippen LogP contribution in [0.2, 0.25) is 10.0 Å². The summed E-state index contributed by atoms with van der Waals surface area (Å²) in [5.41, 5.74) is 2.31. The van der Waals surface area contributed by atoms with Crippen molar-refractivity contribution < 1.29 is 19.2 Å². The number of amides is 4. The van der Waals surface area contributed by atoms with Gasteiger partial charge in [-0.2, -0.15) is 0 Å². The molecule has 0 aliphatic carbocycles. The Morgan fingerprint density at radius 3 is 2.20 bits per heavy atom. The Morgan fingerprint density at radius 2 is 1.56 bits per heavy atom. The van der Waals surface area contributed by atoms with Gasteiger partial charge in [-0.05, 0) is 48.2 Å². The second-order valence-electron chi connectivity index (χ2n) is 10.0. The molecule has 1 aliphatic rings. The fourth-order valence-corrected chi connectivity index (χ4v) is 5.34. The molecule has 214 valence electrons. The number of unbranched alkanes of at least 4 members (excludes halogenated alkanes) is 1. The first kappa shape index (κ1) is 30.3. The molecule has 0 bridgehead atoms. The summed E-state index contributed by atoms with van der Waals surface area (Å²) in [6, 6.07) is 20.5. The molecule has 1 heterocycles. The minimum atomic E-state index is -0.798. The van der Waals surface area contributed by atoms with Gasteiger partial charge in [0.25, 0.3) is 11.8 Å². The van der Waals surface area contributed by atoms with Crippen LogP contribution in [0.3, 0.4) is 0 Å². The Bertz CT molecular complexity index is 1380. The number of hydrogen-bond donors (Lipinski definition) is 1. The third kappa shape index (κ3) is 7.54. The predicted molar refractivity (Wildman–Crippen MR) is 160 cm³/mol. The van der Waals surface area contributed by atoms with Gasteiger partial charge in [0.2, 0.25) is 11.8 Å². The Kier molecular flexibility index (Phi) is 10.6. The van der Waals surface area contributed by atoms with Crippen molar-refractivity contribution in [1.29, 1.82) is 0 Å². The third-order valence-electron chi connectivity index (χ3n) is 7.11. The van der Waals surface area contributed by atoms with E-state index in [9.17, 15) is 19.2 Å². The number of nitrogens with one attached hydrogen (secondary N) is 1. The van der Waals surface area contributed by atoms with Gasteiger partial charge in [0, 0.05) is 42.5 Å². The summed E-state index contributed by atoms with van der Waals surface area (Å²) in [4.78, 5) is 55.7. The number of rotatable bonds is 13. The average Bonchev–Trinajstić information content (AvgIpc) is 3.21. The number of carbonyl (C=O) groups excluding carboxylic acids is 4. The minimum Gasteiger partial charge on any atom is -0.354 e. The van der Waals surface area contributed by atoms with Gasteiger partial charge in [-0.15, -0.1) is 0 Å². The van der Waals surface area contributed by atoms with E-state index in [2.05, 4.69) is 5.32 Å². The third-order valence-corrected chi connectivity index (χ3v) is 7.69. The second kappa shape index (κ2) is 14.3. The van der Waals surface area contributed by atoms with Gasteiger partial charge in [0.05, 0.1) is 11.1 Å². The summed E-state index contributed by atoms with van der Waals surface area (Å²) in [7, 11) is 0. The molecule has 0 fully saturated rings. The fraction of sp³-hybridized carbons (Fsp3) is 0.312. The predicted octanol–water partition coefficient (Wildman–Crippen LogP) is 5.93. The second-order valence-corrected chi connectivity index (χ2v) is 10.9. The molecule has 41 heavy (non-hydrogen) atoms. The molecule has 1 atom stereocenters. The van der Waals surface area contributed by atoms with Crippen LogP contribution in [0.1, 0.15) is 64.4 Å². The highest BCUT2D eigenvalue weighted by Gasteiger charge is 2.35. The lowest BCUT2D eigenvalue weighted by Crippen LogP contribution is -2.50. The summed E-state index contributed by atoms with van der Waals surface area (Å²) < 4.78 is 0. The van der Waals surface area contributed by atoms with E-state index in [-0.39, 0.29) is 49.6 Å². The standard InChI is InChI=1S/C32H33Cl2N3O4/c1-2-3-17-35-30(39)28(19-22-10-5-4-6-11-22)37(21-23-15-16-24(33)20-27(23)34)29(38)14-9-18-36-31(40)25-12-7-8-13-26(25)32(36)41/h4-8,10-13,15-16,20,28H,2-3,9,14,17-19,21H2,1H3,(H,35,39)/t28-/m0/s1. The average molecular weight is 595 g/mol. The van der Waals surface area contributed by atoms with E-state index in [4.69, 9.17) is 23.2 Å². The zero-order valence-corrected chi connectivity index (χ0v) is 24.5. The first-order chi connectivity index (χ1) is 19.8. The summed E-state index contributed by atoms with van der Waals surface area (Å²) >= 11 is 12.6. The van der Waals surface area contributed by atoms with E-state index in [1.807, 2.05) is 37.3 Å². The maximum absolute atomic E-state index is 13.8. The van der Waals surface area contributed by atoms with E-state index in [0.29, 0.717) is 39.7 Å². The molecule has 7 nitrogen and oxygen atoms in total. The van der Waals surface area contributed by atoms with Crippen molar-refractivity contribution in [2.75, 3.05) is 13.1 Å². The lowest BCUT2D eigenvalue weighted by molar-refractivity contribution is -0.141.